The van der Waals surface area contributed by atoms with Gasteiger partial charge in [0.1, 0.15) is 5.65 Å². The molecule has 0 aliphatic carbocycles. The SMILES string of the molecule is Cc1c(C2CCOC2)nc2ccc(N)cn12.Cl.Cl. The summed E-state index contributed by atoms with van der Waals surface area (Å²) < 4.78 is 7.47. The predicted octanol–water partition coefficient (Wildman–Crippen LogP) is 2.57. The van der Waals surface area contributed by atoms with Crippen LogP contribution in [-0.4, -0.2) is 22.6 Å². The largest absolute Gasteiger partial charge is 0.398 e. The van der Waals surface area contributed by atoms with Crippen molar-refractivity contribution >= 4 is 36.1 Å². The van der Waals surface area contributed by atoms with E-state index in [1.807, 2.05) is 18.3 Å². The predicted molar refractivity (Wildman–Crippen MR) is 77.0 cm³/mol. The van der Waals surface area contributed by atoms with Gasteiger partial charge in [-0.2, -0.15) is 0 Å². The number of pyridine rings is 1. The molecule has 1 unspecified atom stereocenters. The molecule has 6 heteroatoms. The Morgan fingerprint density at radius 2 is 2.17 bits per heavy atom. The highest BCUT2D eigenvalue weighted by atomic mass is 35.5. The van der Waals surface area contributed by atoms with Crippen molar-refractivity contribution in [1.29, 1.82) is 0 Å². The Labute approximate surface area is 118 Å². The minimum Gasteiger partial charge on any atom is -0.398 e. The normalized spacial score (nSPS) is 18.4. The second kappa shape index (κ2) is 5.78. The second-order valence-electron chi connectivity index (χ2n) is 4.33. The number of aromatic nitrogens is 2. The molecular weight excluding hydrogens is 273 g/mol. The van der Waals surface area contributed by atoms with Crippen molar-refractivity contribution < 1.29 is 4.74 Å². The van der Waals surface area contributed by atoms with E-state index in [4.69, 9.17) is 10.5 Å². The molecule has 0 aromatic carbocycles. The van der Waals surface area contributed by atoms with Crippen molar-refractivity contribution in [3.63, 3.8) is 0 Å². The lowest BCUT2D eigenvalue weighted by Crippen LogP contribution is -2.00. The highest BCUT2D eigenvalue weighted by molar-refractivity contribution is 5.85. The molecule has 18 heavy (non-hydrogen) atoms. The summed E-state index contributed by atoms with van der Waals surface area (Å²) in [7, 11) is 0. The molecule has 3 rings (SSSR count). The Kier molecular flexibility index (Phi) is 4.85. The molecule has 1 fully saturated rings. The Bertz CT molecular complexity index is 535. The highest BCUT2D eigenvalue weighted by Gasteiger charge is 2.23. The first-order chi connectivity index (χ1) is 7.75. The van der Waals surface area contributed by atoms with Crippen LogP contribution in [0.3, 0.4) is 0 Å². The third-order valence-corrected chi connectivity index (χ3v) is 3.23. The standard InChI is InChI=1S/C12H15N3O.2ClH/c1-8-12(9-4-5-16-7-9)14-11-3-2-10(13)6-15(8)11;;/h2-3,6,9H,4-5,7,13H2,1H3;2*1H. The summed E-state index contributed by atoms with van der Waals surface area (Å²) in [5.41, 5.74) is 9.85. The van der Waals surface area contributed by atoms with Crippen molar-refractivity contribution in [2.75, 3.05) is 18.9 Å². The molecule has 0 bridgehead atoms. The van der Waals surface area contributed by atoms with E-state index < -0.39 is 0 Å². The van der Waals surface area contributed by atoms with Gasteiger partial charge in [0.25, 0.3) is 0 Å². The number of ether oxygens (including phenoxy) is 1. The van der Waals surface area contributed by atoms with E-state index >= 15 is 0 Å². The molecule has 4 nitrogen and oxygen atoms in total. The number of fused-ring (bicyclic) bond motifs is 1. The van der Waals surface area contributed by atoms with E-state index in [0.717, 1.165) is 36.7 Å². The third-order valence-electron chi connectivity index (χ3n) is 3.23. The number of halogens is 2. The van der Waals surface area contributed by atoms with Crippen LogP contribution in [0.25, 0.3) is 5.65 Å². The van der Waals surface area contributed by atoms with Crippen molar-refractivity contribution in [1.82, 2.24) is 9.38 Å². The Balaban J connectivity index is 0.000000810. The average Bonchev–Trinajstić information content (AvgIpc) is 2.87. The van der Waals surface area contributed by atoms with E-state index in [0.29, 0.717) is 5.92 Å². The van der Waals surface area contributed by atoms with Crippen LogP contribution in [0.1, 0.15) is 23.7 Å². The average molecular weight is 290 g/mol. The van der Waals surface area contributed by atoms with Crippen LogP contribution >= 0.6 is 24.8 Å². The second-order valence-corrected chi connectivity index (χ2v) is 4.33. The van der Waals surface area contributed by atoms with Crippen LogP contribution in [0.15, 0.2) is 18.3 Å². The molecule has 1 saturated heterocycles. The number of imidazole rings is 1. The summed E-state index contributed by atoms with van der Waals surface area (Å²) in [5.74, 6) is 0.445. The van der Waals surface area contributed by atoms with Crippen LogP contribution in [0.5, 0.6) is 0 Å². The van der Waals surface area contributed by atoms with Crippen molar-refractivity contribution in [2.24, 2.45) is 0 Å². The Morgan fingerprint density at radius 3 is 2.83 bits per heavy atom. The summed E-state index contributed by atoms with van der Waals surface area (Å²) in [6.07, 6.45) is 3.00. The minimum atomic E-state index is 0. The van der Waals surface area contributed by atoms with Gasteiger partial charge in [-0.3, -0.25) is 0 Å². The lowest BCUT2D eigenvalue weighted by atomic mass is 10.0. The van der Waals surface area contributed by atoms with Gasteiger partial charge in [0.15, 0.2) is 0 Å². The van der Waals surface area contributed by atoms with Crippen LogP contribution in [0.2, 0.25) is 0 Å². The lowest BCUT2D eigenvalue weighted by molar-refractivity contribution is 0.193. The monoisotopic (exact) mass is 289 g/mol. The van der Waals surface area contributed by atoms with E-state index in [1.165, 1.54) is 5.69 Å². The smallest absolute Gasteiger partial charge is 0.137 e. The molecule has 0 radical (unpaired) electrons. The molecule has 3 heterocycles. The number of rotatable bonds is 1. The zero-order valence-corrected chi connectivity index (χ0v) is 11.8. The molecule has 0 amide bonds. The van der Waals surface area contributed by atoms with Crippen molar-refractivity contribution in [3.05, 3.63) is 29.7 Å². The first-order valence-electron chi connectivity index (χ1n) is 5.57. The molecule has 1 aliphatic heterocycles. The zero-order chi connectivity index (χ0) is 11.1. The number of aryl methyl sites for hydroxylation is 1. The number of hydrogen-bond acceptors (Lipinski definition) is 3. The van der Waals surface area contributed by atoms with Crippen LogP contribution in [0, 0.1) is 6.92 Å². The van der Waals surface area contributed by atoms with Gasteiger partial charge in [0, 0.05) is 30.1 Å². The van der Waals surface area contributed by atoms with E-state index in [-0.39, 0.29) is 24.8 Å². The highest BCUT2D eigenvalue weighted by Crippen LogP contribution is 2.28. The maximum absolute atomic E-state index is 5.78. The number of nitrogens with zero attached hydrogens (tertiary/aromatic N) is 2. The molecular formula is C12H17Cl2N3O. The van der Waals surface area contributed by atoms with Crippen LogP contribution in [-0.2, 0) is 4.74 Å². The third kappa shape index (κ3) is 2.41. The van der Waals surface area contributed by atoms with E-state index in [9.17, 15) is 0 Å². The fourth-order valence-corrected chi connectivity index (χ4v) is 2.33. The number of hydrogen-bond donors (Lipinski definition) is 1. The summed E-state index contributed by atoms with van der Waals surface area (Å²) in [6, 6.07) is 3.85. The molecule has 1 aliphatic rings. The minimum absolute atomic E-state index is 0. The van der Waals surface area contributed by atoms with Crippen LogP contribution < -0.4 is 5.73 Å². The number of nitrogens with two attached hydrogens (primary N) is 1. The van der Waals surface area contributed by atoms with Crippen LogP contribution in [0.4, 0.5) is 5.69 Å². The molecule has 1 atom stereocenters. The summed E-state index contributed by atoms with van der Waals surface area (Å²) >= 11 is 0. The maximum Gasteiger partial charge on any atom is 0.137 e. The summed E-state index contributed by atoms with van der Waals surface area (Å²) in [6.45, 7) is 3.73. The summed E-state index contributed by atoms with van der Waals surface area (Å²) in [4.78, 5) is 4.66. The lowest BCUT2D eigenvalue weighted by Gasteiger charge is -2.04. The zero-order valence-electron chi connectivity index (χ0n) is 10.1. The van der Waals surface area contributed by atoms with Gasteiger partial charge in [0.05, 0.1) is 12.3 Å². The molecule has 2 N–H and O–H groups in total. The molecule has 2 aromatic rings. The van der Waals surface area contributed by atoms with Gasteiger partial charge in [-0.05, 0) is 25.5 Å². The molecule has 2 aromatic heterocycles. The van der Waals surface area contributed by atoms with Gasteiger partial charge in [-0.1, -0.05) is 0 Å². The first kappa shape index (κ1) is 15.1. The van der Waals surface area contributed by atoms with Gasteiger partial charge < -0.3 is 14.9 Å². The molecule has 0 saturated carbocycles. The van der Waals surface area contributed by atoms with Gasteiger partial charge in [0.2, 0.25) is 0 Å². The Hall–Kier alpha value is -0.970. The summed E-state index contributed by atoms with van der Waals surface area (Å²) in [5, 5.41) is 0. The van der Waals surface area contributed by atoms with E-state index in [1.54, 1.807) is 0 Å². The van der Waals surface area contributed by atoms with Gasteiger partial charge >= 0.3 is 0 Å². The fraction of sp³-hybridized carbons (Fsp3) is 0.417. The first-order valence-corrected chi connectivity index (χ1v) is 5.57. The van der Waals surface area contributed by atoms with Gasteiger partial charge in [-0.15, -0.1) is 24.8 Å². The van der Waals surface area contributed by atoms with Gasteiger partial charge in [-0.25, -0.2) is 4.98 Å². The molecule has 0 spiro atoms. The fourth-order valence-electron chi connectivity index (χ4n) is 2.33. The van der Waals surface area contributed by atoms with E-state index in [2.05, 4.69) is 16.3 Å². The number of nitrogen functional groups attached to an aromatic ring is 1. The Morgan fingerprint density at radius 1 is 1.39 bits per heavy atom. The maximum atomic E-state index is 5.78. The molecule has 100 valence electrons. The van der Waals surface area contributed by atoms with Crippen molar-refractivity contribution in [2.45, 2.75) is 19.3 Å². The quantitative estimate of drug-likeness (QED) is 0.878. The number of anilines is 1. The topological polar surface area (TPSA) is 52.5 Å². The van der Waals surface area contributed by atoms with Crippen molar-refractivity contribution in [3.8, 4) is 0 Å².